The fourth-order valence-electron chi connectivity index (χ4n) is 0.279. The highest BCUT2D eigenvalue weighted by atomic mass is 16.4. The Balaban J connectivity index is 0. The lowest BCUT2D eigenvalue weighted by atomic mass is 10.2. The molecule has 0 aliphatic rings. The number of aliphatic carboxylic acids is 1. The molecule has 0 heterocycles. The van der Waals surface area contributed by atoms with Crippen LogP contribution in [0.25, 0.3) is 0 Å². The van der Waals surface area contributed by atoms with Gasteiger partial charge in [-0.15, -0.1) is 0 Å². The lowest BCUT2D eigenvalue weighted by Gasteiger charge is -1.88. The standard InChI is InChI=1S/C7H9NO2.C2H6/c1-5(7(9)10)3-4-6(2)8;1-2/h3-4H,1-2,8H2,(H,9,10);1-2H3/b4-3-;. The summed E-state index contributed by atoms with van der Waals surface area (Å²) in [6, 6.07) is 0. The first kappa shape index (κ1) is 13.1. The Morgan fingerprint density at radius 2 is 1.75 bits per heavy atom. The maximum atomic E-state index is 10.1. The van der Waals surface area contributed by atoms with Crippen LogP contribution in [0.3, 0.4) is 0 Å². The Morgan fingerprint density at radius 3 is 2.00 bits per heavy atom. The van der Waals surface area contributed by atoms with Gasteiger partial charge in [0.1, 0.15) is 0 Å². The van der Waals surface area contributed by atoms with Crippen molar-refractivity contribution in [3.63, 3.8) is 0 Å². The fourth-order valence-corrected chi connectivity index (χ4v) is 0.279. The van der Waals surface area contributed by atoms with Crippen molar-refractivity contribution in [3.05, 3.63) is 36.6 Å². The van der Waals surface area contributed by atoms with Crippen molar-refractivity contribution >= 4 is 5.97 Å². The van der Waals surface area contributed by atoms with E-state index in [4.69, 9.17) is 10.8 Å². The summed E-state index contributed by atoms with van der Waals surface area (Å²) >= 11 is 0. The first-order valence-electron chi connectivity index (χ1n) is 3.58. The molecule has 0 saturated carbocycles. The van der Waals surface area contributed by atoms with Crippen LogP contribution in [0, 0.1) is 0 Å². The molecule has 3 N–H and O–H groups in total. The maximum Gasteiger partial charge on any atom is 0.335 e. The zero-order chi connectivity index (χ0) is 10.1. The van der Waals surface area contributed by atoms with Crippen molar-refractivity contribution in [1.82, 2.24) is 0 Å². The van der Waals surface area contributed by atoms with E-state index in [2.05, 4.69) is 13.2 Å². The molecule has 0 aliphatic heterocycles. The molecule has 0 radical (unpaired) electrons. The highest BCUT2D eigenvalue weighted by Crippen LogP contribution is 1.93. The summed E-state index contributed by atoms with van der Waals surface area (Å²) in [5, 5.41) is 8.27. The summed E-state index contributed by atoms with van der Waals surface area (Å²) in [5.41, 5.74) is 5.43. The Bertz CT molecular complexity index is 205. The molecular formula is C9H15NO2. The minimum atomic E-state index is -1.06. The highest BCUT2D eigenvalue weighted by molar-refractivity contribution is 5.89. The van der Waals surface area contributed by atoms with Gasteiger partial charge in [-0.25, -0.2) is 4.79 Å². The van der Waals surface area contributed by atoms with Gasteiger partial charge in [0, 0.05) is 5.70 Å². The van der Waals surface area contributed by atoms with Crippen molar-refractivity contribution in [2.75, 3.05) is 0 Å². The molecule has 0 aromatic carbocycles. The first-order valence-corrected chi connectivity index (χ1v) is 3.58. The van der Waals surface area contributed by atoms with Gasteiger partial charge >= 0.3 is 5.97 Å². The van der Waals surface area contributed by atoms with Gasteiger partial charge in [0.2, 0.25) is 0 Å². The van der Waals surface area contributed by atoms with Crippen LogP contribution in [0.2, 0.25) is 0 Å². The van der Waals surface area contributed by atoms with E-state index in [-0.39, 0.29) is 5.57 Å². The average Bonchev–Trinajstić information content (AvgIpc) is 2.03. The van der Waals surface area contributed by atoms with Crippen LogP contribution in [0.1, 0.15) is 13.8 Å². The smallest absolute Gasteiger partial charge is 0.335 e. The van der Waals surface area contributed by atoms with Gasteiger partial charge in [-0.2, -0.15) is 0 Å². The van der Waals surface area contributed by atoms with E-state index < -0.39 is 5.97 Å². The summed E-state index contributed by atoms with van der Waals surface area (Å²) in [6.45, 7) is 10.6. The van der Waals surface area contributed by atoms with Gasteiger partial charge in [0.15, 0.2) is 0 Å². The van der Waals surface area contributed by atoms with Crippen molar-refractivity contribution in [3.8, 4) is 0 Å². The number of carbonyl (C=O) groups is 1. The number of hydrogen-bond donors (Lipinski definition) is 2. The molecule has 0 bridgehead atoms. The molecule has 0 aromatic rings. The minimum Gasteiger partial charge on any atom is -0.478 e. The third-order valence-electron chi connectivity index (χ3n) is 0.773. The van der Waals surface area contributed by atoms with E-state index in [0.29, 0.717) is 5.70 Å². The van der Waals surface area contributed by atoms with E-state index in [0.717, 1.165) is 0 Å². The molecule has 68 valence electrons. The largest absolute Gasteiger partial charge is 0.478 e. The summed E-state index contributed by atoms with van der Waals surface area (Å²) in [7, 11) is 0. The van der Waals surface area contributed by atoms with Crippen LogP contribution in [0.15, 0.2) is 36.6 Å². The topological polar surface area (TPSA) is 63.3 Å². The summed E-state index contributed by atoms with van der Waals surface area (Å²) in [4.78, 5) is 10.1. The van der Waals surface area contributed by atoms with Crippen LogP contribution in [-0.2, 0) is 4.79 Å². The molecule has 12 heavy (non-hydrogen) atoms. The van der Waals surface area contributed by atoms with Crippen molar-refractivity contribution in [2.24, 2.45) is 5.73 Å². The number of rotatable bonds is 3. The summed E-state index contributed by atoms with van der Waals surface area (Å²) in [5.74, 6) is -1.06. The summed E-state index contributed by atoms with van der Waals surface area (Å²) < 4.78 is 0. The zero-order valence-electron chi connectivity index (χ0n) is 7.50. The van der Waals surface area contributed by atoms with Gasteiger partial charge in [0.25, 0.3) is 0 Å². The quantitative estimate of drug-likeness (QED) is 0.499. The molecule has 3 nitrogen and oxygen atoms in total. The predicted octanol–water partition coefficient (Wildman–Crippen LogP) is 1.68. The Morgan fingerprint density at radius 1 is 1.33 bits per heavy atom. The molecular weight excluding hydrogens is 154 g/mol. The zero-order valence-corrected chi connectivity index (χ0v) is 7.50. The second-order valence-corrected chi connectivity index (χ2v) is 1.74. The number of nitrogens with two attached hydrogens (primary N) is 1. The summed E-state index contributed by atoms with van der Waals surface area (Å²) in [6.07, 6.45) is 2.68. The van der Waals surface area contributed by atoms with Crippen LogP contribution >= 0.6 is 0 Å². The first-order chi connectivity index (χ1) is 5.54. The minimum absolute atomic E-state index is 0.00778. The Kier molecular flexibility index (Phi) is 8.30. The van der Waals surface area contributed by atoms with Gasteiger partial charge < -0.3 is 10.8 Å². The molecule has 0 atom stereocenters. The van der Waals surface area contributed by atoms with Crippen molar-refractivity contribution in [1.29, 1.82) is 0 Å². The second-order valence-electron chi connectivity index (χ2n) is 1.74. The Hall–Kier alpha value is -1.51. The predicted molar refractivity (Wildman–Crippen MR) is 50.6 cm³/mol. The second kappa shape index (κ2) is 7.60. The van der Waals surface area contributed by atoms with Gasteiger partial charge in [-0.05, 0) is 12.2 Å². The lowest BCUT2D eigenvalue weighted by Crippen LogP contribution is -1.96. The highest BCUT2D eigenvalue weighted by Gasteiger charge is 1.96. The van der Waals surface area contributed by atoms with E-state index >= 15 is 0 Å². The van der Waals surface area contributed by atoms with Crippen molar-refractivity contribution in [2.45, 2.75) is 13.8 Å². The number of hydrogen-bond acceptors (Lipinski definition) is 2. The third-order valence-corrected chi connectivity index (χ3v) is 0.773. The van der Waals surface area contributed by atoms with Gasteiger partial charge in [-0.3, -0.25) is 0 Å². The average molecular weight is 169 g/mol. The SMILES string of the molecule is C=C(N)/C=C\C(=C)C(=O)O.CC. The monoisotopic (exact) mass is 169 g/mol. The van der Waals surface area contributed by atoms with Gasteiger partial charge in [0.05, 0.1) is 5.57 Å². The molecule has 0 fully saturated rings. The van der Waals surface area contributed by atoms with E-state index in [1.807, 2.05) is 13.8 Å². The molecule has 0 rings (SSSR count). The molecule has 3 heteroatoms. The Labute approximate surface area is 72.9 Å². The van der Waals surface area contributed by atoms with E-state index in [9.17, 15) is 4.79 Å². The lowest BCUT2D eigenvalue weighted by molar-refractivity contribution is -0.132. The molecule has 0 aliphatic carbocycles. The number of allylic oxidation sites excluding steroid dienone is 1. The van der Waals surface area contributed by atoms with Crippen LogP contribution in [0.4, 0.5) is 0 Å². The van der Waals surface area contributed by atoms with Crippen molar-refractivity contribution < 1.29 is 9.90 Å². The van der Waals surface area contributed by atoms with E-state index in [1.54, 1.807) is 0 Å². The normalized spacial score (nSPS) is 8.50. The molecule has 0 spiro atoms. The molecule has 0 aromatic heterocycles. The van der Waals surface area contributed by atoms with Crippen LogP contribution < -0.4 is 5.73 Å². The molecule has 0 unspecified atom stereocenters. The molecule has 0 saturated heterocycles. The van der Waals surface area contributed by atoms with Crippen LogP contribution in [0.5, 0.6) is 0 Å². The third kappa shape index (κ3) is 8.49. The maximum absolute atomic E-state index is 10.1. The van der Waals surface area contributed by atoms with E-state index in [1.165, 1.54) is 12.2 Å². The number of carboxylic acids is 1. The van der Waals surface area contributed by atoms with Gasteiger partial charge in [-0.1, -0.05) is 27.0 Å². The fraction of sp³-hybridized carbons (Fsp3) is 0.222. The molecule has 0 amide bonds. The number of carboxylic acid groups (broad SMARTS) is 1. The van der Waals surface area contributed by atoms with Crippen LogP contribution in [-0.4, -0.2) is 11.1 Å².